The van der Waals surface area contributed by atoms with Gasteiger partial charge in [0.1, 0.15) is 12.9 Å². The standard InChI is InChI=1S/C23H19F3N4O2/c1-15-21-19(27-12-16-7-9-18(10-8-16)23(24,25)26)11-20(31)30(22(21)29-14-28-15)32-13-17-5-3-2-4-6-17/h2-11,14,27H,12-13H2,1H3. The van der Waals surface area contributed by atoms with Crippen LogP contribution >= 0.6 is 0 Å². The normalized spacial score (nSPS) is 11.5. The summed E-state index contributed by atoms with van der Waals surface area (Å²) in [4.78, 5) is 26.9. The van der Waals surface area contributed by atoms with Crippen LogP contribution in [0.5, 0.6) is 0 Å². The third-order valence-corrected chi connectivity index (χ3v) is 4.91. The van der Waals surface area contributed by atoms with Crippen LogP contribution in [-0.2, 0) is 19.3 Å². The van der Waals surface area contributed by atoms with Crippen LogP contribution in [-0.4, -0.2) is 14.7 Å². The third-order valence-electron chi connectivity index (χ3n) is 4.91. The van der Waals surface area contributed by atoms with Crippen LogP contribution in [0.1, 0.15) is 22.4 Å². The van der Waals surface area contributed by atoms with E-state index in [1.807, 2.05) is 30.3 Å². The Hall–Kier alpha value is -3.88. The fourth-order valence-electron chi connectivity index (χ4n) is 3.28. The minimum Gasteiger partial charge on any atom is -0.404 e. The van der Waals surface area contributed by atoms with Crippen LogP contribution in [0.25, 0.3) is 11.0 Å². The average molecular weight is 440 g/mol. The van der Waals surface area contributed by atoms with E-state index in [4.69, 9.17) is 4.84 Å². The molecule has 4 aromatic rings. The van der Waals surface area contributed by atoms with Crippen molar-refractivity contribution in [3.8, 4) is 0 Å². The van der Waals surface area contributed by atoms with E-state index >= 15 is 0 Å². The second kappa shape index (κ2) is 8.70. The SMILES string of the molecule is Cc1ncnc2c1c(NCc1ccc(C(F)(F)F)cc1)cc(=O)n2OCc1ccccc1. The number of hydrogen-bond donors (Lipinski definition) is 1. The summed E-state index contributed by atoms with van der Waals surface area (Å²) < 4.78 is 39.4. The van der Waals surface area contributed by atoms with Crippen LogP contribution in [0.3, 0.4) is 0 Å². The summed E-state index contributed by atoms with van der Waals surface area (Å²) in [5.41, 5.74) is 1.78. The zero-order valence-electron chi connectivity index (χ0n) is 17.1. The molecule has 0 amide bonds. The molecule has 0 bridgehead atoms. The van der Waals surface area contributed by atoms with Crippen molar-refractivity contribution in [3.63, 3.8) is 0 Å². The van der Waals surface area contributed by atoms with Crippen molar-refractivity contribution in [1.29, 1.82) is 0 Å². The number of nitrogens with one attached hydrogen (secondary N) is 1. The number of fused-ring (bicyclic) bond motifs is 1. The van der Waals surface area contributed by atoms with E-state index in [-0.39, 0.29) is 13.2 Å². The molecule has 9 heteroatoms. The van der Waals surface area contributed by atoms with Crippen molar-refractivity contribution in [1.82, 2.24) is 14.7 Å². The Balaban J connectivity index is 1.62. The number of rotatable bonds is 6. The van der Waals surface area contributed by atoms with Gasteiger partial charge in [-0.25, -0.2) is 9.97 Å². The predicted molar refractivity (Wildman–Crippen MR) is 114 cm³/mol. The van der Waals surface area contributed by atoms with E-state index in [2.05, 4.69) is 15.3 Å². The Morgan fingerprint density at radius 3 is 2.41 bits per heavy atom. The highest BCUT2D eigenvalue weighted by molar-refractivity contribution is 5.90. The number of aromatic nitrogens is 3. The Morgan fingerprint density at radius 2 is 1.72 bits per heavy atom. The van der Waals surface area contributed by atoms with E-state index in [1.165, 1.54) is 24.5 Å². The molecule has 0 aliphatic rings. The summed E-state index contributed by atoms with van der Waals surface area (Å²) >= 11 is 0. The molecule has 0 saturated heterocycles. The molecule has 32 heavy (non-hydrogen) atoms. The molecule has 164 valence electrons. The molecule has 0 radical (unpaired) electrons. The van der Waals surface area contributed by atoms with E-state index in [9.17, 15) is 18.0 Å². The van der Waals surface area contributed by atoms with Gasteiger partial charge in [-0.15, -0.1) is 4.73 Å². The van der Waals surface area contributed by atoms with Crippen molar-refractivity contribution >= 4 is 16.7 Å². The molecule has 0 atom stereocenters. The number of halogens is 3. The van der Waals surface area contributed by atoms with Gasteiger partial charge in [-0.1, -0.05) is 42.5 Å². The molecule has 0 fully saturated rings. The van der Waals surface area contributed by atoms with Crippen molar-refractivity contribution in [2.24, 2.45) is 0 Å². The Kier molecular flexibility index (Phi) is 5.81. The minimum absolute atomic E-state index is 0.178. The molecule has 6 nitrogen and oxygen atoms in total. The lowest BCUT2D eigenvalue weighted by atomic mass is 10.1. The zero-order chi connectivity index (χ0) is 22.7. The van der Waals surface area contributed by atoms with Crippen LogP contribution < -0.4 is 15.7 Å². The van der Waals surface area contributed by atoms with Gasteiger partial charge in [-0.2, -0.15) is 13.2 Å². The lowest BCUT2D eigenvalue weighted by molar-refractivity contribution is -0.137. The van der Waals surface area contributed by atoms with Crippen LogP contribution in [0.2, 0.25) is 0 Å². The maximum absolute atomic E-state index is 12.8. The number of benzene rings is 2. The summed E-state index contributed by atoms with van der Waals surface area (Å²) in [6.45, 7) is 2.17. The van der Waals surface area contributed by atoms with Gasteiger partial charge in [0.15, 0.2) is 5.65 Å². The van der Waals surface area contributed by atoms with E-state index in [0.29, 0.717) is 28.0 Å². The van der Waals surface area contributed by atoms with Gasteiger partial charge in [0, 0.05) is 12.6 Å². The molecular formula is C23H19F3N4O2. The quantitative estimate of drug-likeness (QED) is 0.483. The summed E-state index contributed by atoms with van der Waals surface area (Å²) in [5.74, 6) is 0. The molecule has 1 N–H and O–H groups in total. The van der Waals surface area contributed by atoms with Crippen LogP contribution in [0.4, 0.5) is 18.9 Å². The molecule has 0 saturated carbocycles. The Bertz CT molecular complexity index is 1290. The molecule has 2 aromatic carbocycles. The predicted octanol–water partition coefficient (Wildman–Crippen LogP) is 4.36. The highest BCUT2D eigenvalue weighted by atomic mass is 19.4. The molecule has 0 aliphatic carbocycles. The fourth-order valence-corrected chi connectivity index (χ4v) is 3.28. The first kappa shape index (κ1) is 21.4. The van der Waals surface area contributed by atoms with E-state index in [1.54, 1.807) is 6.92 Å². The molecule has 4 rings (SSSR count). The van der Waals surface area contributed by atoms with Crippen LogP contribution in [0, 0.1) is 6.92 Å². The maximum atomic E-state index is 12.8. The summed E-state index contributed by atoms with van der Waals surface area (Å²) in [5, 5.41) is 3.70. The number of hydrogen-bond acceptors (Lipinski definition) is 5. The molecule has 2 heterocycles. The first-order valence-corrected chi connectivity index (χ1v) is 9.77. The second-order valence-electron chi connectivity index (χ2n) is 7.16. The van der Waals surface area contributed by atoms with Gasteiger partial charge < -0.3 is 10.2 Å². The smallest absolute Gasteiger partial charge is 0.404 e. The van der Waals surface area contributed by atoms with Crippen molar-refractivity contribution in [3.05, 3.63) is 99.7 Å². The largest absolute Gasteiger partial charge is 0.416 e. The van der Waals surface area contributed by atoms with Gasteiger partial charge >= 0.3 is 6.18 Å². The number of pyridine rings is 1. The zero-order valence-corrected chi connectivity index (χ0v) is 17.1. The van der Waals surface area contributed by atoms with Crippen molar-refractivity contribution in [2.75, 3.05) is 5.32 Å². The highest BCUT2D eigenvalue weighted by Gasteiger charge is 2.29. The van der Waals surface area contributed by atoms with Gasteiger partial charge in [-0.3, -0.25) is 4.79 Å². The fraction of sp³-hybridized carbons (Fsp3) is 0.174. The summed E-state index contributed by atoms with van der Waals surface area (Å²) in [7, 11) is 0. The minimum atomic E-state index is -4.39. The lowest BCUT2D eigenvalue weighted by Crippen LogP contribution is -2.28. The topological polar surface area (TPSA) is 69.0 Å². The third kappa shape index (κ3) is 4.56. The number of alkyl halides is 3. The van der Waals surface area contributed by atoms with Gasteiger partial charge in [0.2, 0.25) is 0 Å². The van der Waals surface area contributed by atoms with Gasteiger partial charge in [-0.05, 0) is 30.2 Å². The molecular weight excluding hydrogens is 421 g/mol. The van der Waals surface area contributed by atoms with Crippen molar-refractivity contribution < 1.29 is 18.0 Å². The Morgan fingerprint density at radius 1 is 1.00 bits per heavy atom. The van der Waals surface area contributed by atoms with Crippen LogP contribution in [0.15, 0.2) is 71.8 Å². The molecule has 0 spiro atoms. The highest BCUT2D eigenvalue weighted by Crippen LogP contribution is 2.29. The molecule has 0 aliphatic heterocycles. The first-order chi connectivity index (χ1) is 15.3. The summed E-state index contributed by atoms with van der Waals surface area (Å²) in [6.07, 6.45) is -3.04. The van der Waals surface area contributed by atoms with Crippen molar-refractivity contribution in [2.45, 2.75) is 26.3 Å². The van der Waals surface area contributed by atoms with E-state index < -0.39 is 17.3 Å². The van der Waals surface area contributed by atoms with Gasteiger partial charge in [0.05, 0.1) is 22.3 Å². The summed E-state index contributed by atoms with van der Waals surface area (Å²) in [6, 6.07) is 15.6. The maximum Gasteiger partial charge on any atom is 0.416 e. The monoisotopic (exact) mass is 440 g/mol. The molecule has 0 unspecified atom stereocenters. The molecule has 2 aromatic heterocycles. The van der Waals surface area contributed by atoms with Gasteiger partial charge in [0.25, 0.3) is 5.56 Å². The number of anilines is 1. The average Bonchev–Trinajstić information content (AvgIpc) is 2.77. The first-order valence-electron chi connectivity index (χ1n) is 9.77. The number of nitrogens with zero attached hydrogens (tertiary/aromatic N) is 3. The Labute approximate surface area is 181 Å². The van der Waals surface area contributed by atoms with E-state index in [0.717, 1.165) is 22.4 Å². The second-order valence-corrected chi connectivity index (χ2v) is 7.16. The lowest BCUT2D eigenvalue weighted by Gasteiger charge is -2.15. The number of aryl methyl sites for hydroxylation is 1.